The third-order valence-corrected chi connectivity index (χ3v) is 5.33. The molecule has 0 fully saturated rings. The molecule has 2 N–H and O–H groups in total. The summed E-state index contributed by atoms with van der Waals surface area (Å²) in [7, 11) is 1.63. The van der Waals surface area contributed by atoms with Crippen molar-refractivity contribution < 1.29 is 9.53 Å². The Kier molecular flexibility index (Phi) is 4.80. The highest BCUT2D eigenvalue weighted by molar-refractivity contribution is 6.30. The number of benzene rings is 3. The van der Waals surface area contributed by atoms with E-state index in [-0.39, 0.29) is 5.91 Å². The molecule has 1 aromatic heterocycles. The van der Waals surface area contributed by atoms with Crippen molar-refractivity contribution in [3.63, 3.8) is 0 Å². The average molecular weight is 432 g/mol. The maximum atomic E-state index is 12.7. The molecule has 2 heterocycles. The minimum Gasteiger partial charge on any atom is -0.497 e. The highest BCUT2D eigenvalue weighted by atomic mass is 35.5. The molecule has 0 unspecified atom stereocenters. The molecule has 8 heteroatoms. The van der Waals surface area contributed by atoms with Gasteiger partial charge in [-0.05, 0) is 54.1 Å². The molecule has 1 atom stereocenters. The molecule has 1 aliphatic rings. The van der Waals surface area contributed by atoms with Crippen LogP contribution in [0.25, 0.3) is 11.0 Å². The quantitative estimate of drug-likeness (QED) is 0.502. The van der Waals surface area contributed by atoms with Gasteiger partial charge in [0.15, 0.2) is 6.17 Å². The van der Waals surface area contributed by atoms with Crippen molar-refractivity contribution >= 4 is 40.4 Å². The molecule has 3 aromatic carbocycles. The number of amides is 1. The first kappa shape index (κ1) is 19.1. The van der Waals surface area contributed by atoms with Gasteiger partial charge < -0.3 is 4.74 Å². The molecule has 5 rings (SSSR count). The summed E-state index contributed by atoms with van der Waals surface area (Å²) in [4.78, 5) is 22.2. The van der Waals surface area contributed by atoms with Crippen LogP contribution in [0.1, 0.15) is 22.1 Å². The van der Waals surface area contributed by atoms with Gasteiger partial charge in [-0.25, -0.2) is 9.98 Å². The first-order valence-electron chi connectivity index (χ1n) is 9.65. The number of fused-ring (bicyclic) bond motifs is 3. The number of guanidine groups is 1. The van der Waals surface area contributed by atoms with E-state index in [1.807, 2.05) is 53.1 Å². The van der Waals surface area contributed by atoms with Gasteiger partial charge in [0.1, 0.15) is 5.75 Å². The van der Waals surface area contributed by atoms with Crippen LogP contribution >= 0.6 is 11.6 Å². The van der Waals surface area contributed by atoms with E-state index < -0.39 is 6.17 Å². The summed E-state index contributed by atoms with van der Waals surface area (Å²) in [6, 6.07) is 22.2. The normalized spacial score (nSPS) is 15.0. The molecule has 0 radical (unpaired) electrons. The number of methoxy groups -OCH3 is 1. The third-order valence-electron chi connectivity index (χ3n) is 5.07. The second-order valence-electron chi connectivity index (χ2n) is 7.00. The fourth-order valence-corrected chi connectivity index (χ4v) is 3.67. The molecule has 0 saturated carbocycles. The predicted octanol–water partition coefficient (Wildman–Crippen LogP) is 4.46. The average Bonchev–Trinajstić information content (AvgIpc) is 3.17. The highest BCUT2D eigenvalue weighted by Gasteiger charge is 2.27. The minimum atomic E-state index is -0.407. The van der Waals surface area contributed by atoms with E-state index in [0.717, 1.165) is 22.3 Å². The van der Waals surface area contributed by atoms with E-state index in [1.165, 1.54) is 0 Å². The van der Waals surface area contributed by atoms with E-state index in [9.17, 15) is 4.79 Å². The van der Waals surface area contributed by atoms with Gasteiger partial charge in [0.2, 0.25) is 11.9 Å². The zero-order valence-corrected chi connectivity index (χ0v) is 17.3. The molecule has 31 heavy (non-hydrogen) atoms. The Bertz CT molecular complexity index is 1300. The van der Waals surface area contributed by atoms with E-state index >= 15 is 0 Å². The predicted molar refractivity (Wildman–Crippen MR) is 121 cm³/mol. The lowest BCUT2D eigenvalue weighted by Crippen LogP contribution is -2.40. The van der Waals surface area contributed by atoms with Crippen molar-refractivity contribution in [1.82, 2.24) is 14.9 Å². The summed E-state index contributed by atoms with van der Waals surface area (Å²) in [6.45, 7) is 0. The number of para-hydroxylation sites is 2. The number of aromatic nitrogens is 2. The summed E-state index contributed by atoms with van der Waals surface area (Å²) in [5.74, 6) is 1.39. The van der Waals surface area contributed by atoms with Crippen molar-refractivity contribution in [3.8, 4) is 5.75 Å². The van der Waals surface area contributed by atoms with Crippen LogP contribution in [0.15, 0.2) is 77.8 Å². The van der Waals surface area contributed by atoms with Crippen LogP contribution in [0, 0.1) is 0 Å². The van der Waals surface area contributed by atoms with Crippen LogP contribution in [0.3, 0.4) is 0 Å². The topological polar surface area (TPSA) is 80.5 Å². The largest absolute Gasteiger partial charge is 0.497 e. The number of anilines is 1. The number of aliphatic imine (C=N–C) groups is 1. The smallest absolute Gasteiger partial charge is 0.257 e. The monoisotopic (exact) mass is 431 g/mol. The minimum absolute atomic E-state index is 0.291. The number of imidazole rings is 1. The first-order valence-corrected chi connectivity index (χ1v) is 10.0. The lowest BCUT2D eigenvalue weighted by atomic mass is 10.1. The van der Waals surface area contributed by atoms with Crippen molar-refractivity contribution in [2.45, 2.75) is 6.17 Å². The maximum Gasteiger partial charge on any atom is 0.257 e. The van der Waals surface area contributed by atoms with Crippen LogP contribution < -0.4 is 15.4 Å². The molecule has 154 valence electrons. The summed E-state index contributed by atoms with van der Waals surface area (Å²) >= 11 is 5.92. The second-order valence-corrected chi connectivity index (χ2v) is 7.44. The molecule has 0 bridgehead atoms. The number of carbonyl (C=O) groups is 1. The van der Waals surface area contributed by atoms with E-state index in [2.05, 4.69) is 15.6 Å². The first-order chi connectivity index (χ1) is 15.1. The van der Waals surface area contributed by atoms with Crippen LogP contribution in [0.2, 0.25) is 5.02 Å². The Balaban J connectivity index is 1.54. The van der Waals surface area contributed by atoms with E-state index in [1.54, 1.807) is 31.4 Å². The Morgan fingerprint density at radius 2 is 1.81 bits per heavy atom. The number of halogens is 1. The molecule has 4 aromatic rings. The zero-order valence-electron chi connectivity index (χ0n) is 16.5. The lowest BCUT2D eigenvalue weighted by Gasteiger charge is -2.25. The maximum absolute atomic E-state index is 12.7. The fourth-order valence-electron chi connectivity index (χ4n) is 3.54. The van der Waals surface area contributed by atoms with E-state index in [4.69, 9.17) is 21.3 Å². The van der Waals surface area contributed by atoms with Crippen molar-refractivity contribution in [2.24, 2.45) is 4.99 Å². The summed E-state index contributed by atoms with van der Waals surface area (Å²) < 4.78 is 7.29. The van der Waals surface area contributed by atoms with Crippen LogP contribution in [0.5, 0.6) is 5.75 Å². The number of nitrogens with zero attached hydrogens (tertiary/aromatic N) is 3. The van der Waals surface area contributed by atoms with Gasteiger partial charge in [0.05, 0.1) is 18.1 Å². The van der Waals surface area contributed by atoms with Gasteiger partial charge in [-0.3, -0.25) is 20.0 Å². The van der Waals surface area contributed by atoms with Crippen LogP contribution in [-0.4, -0.2) is 28.5 Å². The lowest BCUT2D eigenvalue weighted by molar-refractivity contribution is 0.0976. The third kappa shape index (κ3) is 3.60. The van der Waals surface area contributed by atoms with Crippen LogP contribution in [0.4, 0.5) is 5.95 Å². The Hall–Kier alpha value is -3.84. The molecular weight excluding hydrogens is 414 g/mol. The molecule has 1 aliphatic heterocycles. The second kappa shape index (κ2) is 7.77. The number of rotatable bonds is 3. The van der Waals surface area contributed by atoms with Crippen molar-refractivity contribution in [1.29, 1.82) is 0 Å². The summed E-state index contributed by atoms with van der Waals surface area (Å²) in [6.07, 6.45) is -0.407. The van der Waals surface area contributed by atoms with Gasteiger partial charge >= 0.3 is 0 Å². The summed E-state index contributed by atoms with van der Waals surface area (Å²) in [5, 5.41) is 6.55. The molecule has 0 spiro atoms. The zero-order chi connectivity index (χ0) is 21.4. The molecule has 0 aliphatic carbocycles. The van der Waals surface area contributed by atoms with Gasteiger partial charge in [-0.1, -0.05) is 35.9 Å². The van der Waals surface area contributed by atoms with Gasteiger partial charge in [-0.2, -0.15) is 0 Å². The number of hydrogen-bond acceptors (Lipinski definition) is 5. The molecule has 0 saturated heterocycles. The SMILES string of the molecule is COc1ccc([C@@H]2N=C(NC(=O)c3ccc(Cl)cc3)Nc3nc4ccccc4n32)cc1. The van der Waals surface area contributed by atoms with Gasteiger partial charge in [0.25, 0.3) is 5.91 Å². The van der Waals surface area contributed by atoms with Gasteiger partial charge in [0, 0.05) is 10.6 Å². The fraction of sp³-hybridized carbons (Fsp3) is 0.0870. The molecule has 7 nitrogen and oxygen atoms in total. The number of ether oxygens (including phenoxy) is 1. The Morgan fingerprint density at radius 3 is 2.55 bits per heavy atom. The van der Waals surface area contributed by atoms with Crippen molar-refractivity contribution in [3.05, 3.63) is 88.9 Å². The van der Waals surface area contributed by atoms with E-state index in [0.29, 0.717) is 22.5 Å². The Morgan fingerprint density at radius 1 is 1.06 bits per heavy atom. The highest BCUT2D eigenvalue weighted by Crippen LogP contribution is 2.33. The van der Waals surface area contributed by atoms with Gasteiger partial charge in [-0.15, -0.1) is 0 Å². The number of hydrogen-bond donors (Lipinski definition) is 2. The number of nitrogens with one attached hydrogen (secondary N) is 2. The molecular formula is C23H18ClN5O2. The molecule has 1 amide bonds. The summed E-state index contributed by atoms with van der Waals surface area (Å²) in [5.41, 5.74) is 3.19. The van der Waals surface area contributed by atoms with Crippen molar-refractivity contribution in [2.75, 3.05) is 12.4 Å². The number of carbonyl (C=O) groups excluding carboxylic acids is 1. The van der Waals surface area contributed by atoms with Crippen LogP contribution in [-0.2, 0) is 0 Å². The standard InChI is InChI=1S/C23H18ClN5O2/c1-31-17-12-8-14(9-13-17)20-26-22(27-21(30)15-6-10-16(24)11-7-15)28-23-25-18-4-2-3-5-19(18)29(20)23/h2-13,20H,1H3,(H2,25,26,27,28,30)/t20-/m1/s1. The Labute approximate surface area is 183 Å².